The fourth-order valence-corrected chi connectivity index (χ4v) is 3.12. The van der Waals surface area contributed by atoms with Crippen molar-refractivity contribution in [2.75, 3.05) is 7.05 Å². The fraction of sp³-hybridized carbons (Fsp3) is 0.688. The number of hydrogen-bond donors (Lipinski definition) is 1. The van der Waals surface area contributed by atoms with Crippen molar-refractivity contribution < 1.29 is 5.11 Å². The molecule has 1 N–H and O–H groups in total. The second-order valence-electron chi connectivity index (χ2n) is 6.58. The Morgan fingerprint density at radius 1 is 1.42 bits per heavy atom. The van der Waals surface area contributed by atoms with Gasteiger partial charge in [-0.25, -0.2) is 0 Å². The van der Waals surface area contributed by atoms with Crippen LogP contribution in [0.25, 0.3) is 0 Å². The van der Waals surface area contributed by atoms with Gasteiger partial charge in [0, 0.05) is 18.3 Å². The summed E-state index contributed by atoms with van der Waals surface area (Å²) in [6.07, 6.45) is 3.13. The van der Waals surface area contributed by atoms with Crippen LogP contribution in [-0.2, 0) is 6.54 Å². The molecule has 2 unspecified atom stereocenters. The summed E-state index contributed by atoms with van der Waals surface area (Å²) in [5.41, 5.74) is 2.16. The van der Waals surface area contributed by atoms with Crippen LogP contribution in [-0.4, -0.2) is 34.2 Å². The highest BCUT2D eigenvalue weighted by Gasteiger charge is 2.39. The zero-order valence-corrected chi connectivity index (χ0v) is 12.6. The first-order chi connectivity index (χ1) is 8.90. The number of aryl methyl sites for hydroxylation is 1. The van der Waals surface area contributed by atoms with Crippen LogP contribution in [0.1, 0.15) is 44.5 Å². The monoisotopic (exact) mass is 262 g/mol. The SMILES string of the molecule is Cc1cccc(CN(C)C2CCCC(C)(C)C2O)n1. The molecule has 0 aromatic carbocycles. The zero-order chi connectivity index (χ0) is 14.0. The molecule has 1 aliphatic rings. The van der Waals surface area contributed by atoms with E-state index in [0.717, 1.165) is 30.8 Å². The normalized spacial score (nSPS) is 26.6. The number of likely N-dealkylation sites (N-methyl/N-ethyl adjacent to an activating group) is 1. The summed E-state index contributed by atoms with van der Waals surface area (Å²) < 4.78 is 0. The van der Waals surface area contributed by atoms with Gasteiger partial charge in [-0.1, -0.05) is 26.3 Å². The molecule has 2 atom stereocenters. The van der Waals surface area contributed by atoms with Crippen LogP contribution in [0.4, 0.5) is 0 Å². The molecule has 106 valence electrons. The van der Waals surface area contributed by atoms with E-state index < -0.39 is 0 Å². The Morgan fingerprint density at radius 2 is 2.16 bits per heavy atom. The van der Waals surface area contributed by atoms with Crippen molar-refractivity contribution in [1.82, 2.24) is 9.88 Å². The molecule has 1 saturated carbocycles. The van der Waals surface area contributed by atoms with Crippen molar-refractivity contribution >= 4 is 0 Å². The molecule has 0 radical (unpaired) electrons. The second-order valence-corrected chi connectivity index (χ2v) is 6.58. The molecule has 1 aromatic heterocycles. The topological polar surface area (TPSA) is 36.4 Å². The van der Waals surface area contributed by atoms with Crippen molar-refractivity contribution in [3.8, 4) is 0 Å². The molecule has 0 bridgehead atoms. The van der Waals surface area contributed by atoms with Crippen LogP contribution in [0.3, 0.4) is 0 Å². The Hall–Kier alpha value is -0.930. The summed E-state index contributed by atoms with van der Waals surface area (Å²) in [5.74, 6) is 0. The summed E-state index contributed by atoms with van der Waals surface area (Å²) in [6, 6.07) is 6.37. The Labute approximate surface area is 116 Å². The summed E-state index contributed by atoms with van der Waals surface area (Å²) in [7, 11) is 2.10. The summed E-state index contributed by atoms with van der Waals surface area (Å²) in [6.45, 7) is 7.16. The number of aromatic nitrogens is 1. The van der Waals surface area contributed by atoms with Crippen LogP contribution in [0.15, 0.2) is 18.2 Å². The third-order valence-electron chi connectivity index (χ3n) is 4.41. The number of aliphatic hydroxyl groups excluding tert-OH is 1. The van der Waals surface area contributed by atoms with Crippen molar-refractivity contribution in [1.29, 1.82) is 0 Å². The number of aliphatic hydroxyl groups is 1. The molecule has 0 saturated heterocycles. The van der Waals surface area contributed by atoms with Crippen LogP contribution >= 0.6 is 0 Å². The van der Waals surface area contributed by atoms with E-state index in [1.807, 2.05) is 19.1 Å². The molecule has 0 amide bonds. The van der Waals surface area contributed by atoms with Crippen LogP contribution in [0.2, 0.25) is 0 Å². The van der Waals surface area contributed by atoms with Crippen LogP contribution in [0.5, 0.6) is 0 Å². The maximum Gasteiger partial charge on any atom is 0.0746 e. The van der Waals surface area contributed by atoms with Gasteiger partial charge < -0.3 is 5.11 Å². The maximum absolute atomic E-state index is 10.5. The first kappa shape index (κ1) is 14.5. The van der Waals surface area contributed by atoms with E-state index in [4.69, 9.17) is 0 Å². The smallest absolute Gasteiger partial charge is 0.0746 e. The summed E-state index contributed by atoms with van der Waals surface area (Å²) >= 11 is 0. The molecule has 0 spiro atoms. The van der Waals surface area contributed by atoms with E-state index >= 15 is 0 Å². The van der Waals surface area contributed by atoms with Gasteiger partial charge in [0.1, 0.15) is 0 Å². The first-order valence-electron chi connectivity index (χ1n) is 7.21. The first-order valence-corrected chi connectivity index (χ1v) is 7.21. The standard InChI is InChI=1S/C16H26N2O/c1-12-7-5-8-13(17-12)11-18(4)14-9-6-10-16(2,3)15(14)19/h5,7-8,14-15,19H,6,9-11H2,1-4H3. The van der Waals surface area contributed by atoms with Crippen LogP contribution in [0, 0.1) is 12.3 Å². The van der Waals surface area contributed by atoms with E-state index in [0.29, 0.717) is 0 Å². The van der Waals surface area contributed by atoms with E-state index in [1.165, 1.54) is 6.42 Å². The molecule has 2 rings (SSSR count). The summed E-state index contributed by atoms with van der Waals surface area (Å²) in [5, 5.41) is 10.5. The quantitative estimate of drug-likeness (QED) is 0.910. The lowest BCUT2D eigenvalue weighted by Crippen LogP contribution is -2.50. The predicted molar refractivity (Wildman–Crippen MR) is 77.9 cm³/mol. The van der Waals surface area contributed by atoms with Gasteiger partial charge in [-0.05, 0) is 44.4 Å². The van der Waals surface area contributed by atoms with Gasteiger partial charge in [-0.15, -0.1) is 0 Å². The molecule has 19 heavy (non-hydrogen) atoms. The van der Waals surface area contributed by atoms with Crippen molar-refractivity contribution in [3.05, 3.63) is 29.6 Å². The molecule has 1 heterocycles. The Morgan fingerprint density at radius 3 is 2.84 bits per heavy atom. The van der Waals surface area contributed by atoms with Gasteiger partial charge >= 0.3 is 0 Å². The number of pyridine rings is 1. The highest BCUT2D eigenvalue weighted by molar-refractivity contribution is 5.10. The minimum atomic E-state index is -0.254. The molecular weight excluding hydrogens is 236 g/mol. The second kappa shape index (κ2) is 5.59. The highest BCUT2D eigenvalue weighted by Crippen LogP contribution is 2.37. The highest BCUT2D eigenvalue weighted by atomic mass is 16.3. The number of rotatable bonds is 3. The molecular formula is C16H26N2O. The van der Waals surface area contributed by atoms with Crippen molar-refractivity contribution in [3.63, 3.8) is 0 Å². The molecule has 1 aliphatic carbocycles. The zero-order valence-electron chi connectivity index (χ0n) is 12.6. The van der Waals surface area contributed by atoms with Crippen molar-refractivity contribution in [2.45, 2.75) is 58.7 Å². The lowest BCUT2D eigenvalue weighted by Gasteiger charge is -2.44. The van der Waals surface area contributed by atoms with E-state index in [-0.39, 0.29) is 17.6 Å². The minimum absolute atomic E-state index is 0.0250. The minimum Gasteiger partial charge on any atom is -0.391 e. The maximum atomic E-state index is 10.5. The number of hydrogen-bond acceptors (Lipinski definition) is 3. The van der Waals surface area contributed by atoms with Gasteiger partial charge in [-0.2, -0.15) is 0 Å². The number of nitrogens with zero attached hydrogens (tertiary/aromatic N) is 2. The molecule has 1 fully saturated rings. The predicted octanol–water partition coefficient (Wildman–Crippen LogP) is 2.76. The fourth-order valence-electron chi connectivity index (χ4n) is 3.12. The Balaban J connectivity index is 2.05. The van der Waals surface area contributed by atoms with Gasteiger partial charge in [0.25, 0.3) is 0 Å². The Bertz CT molecular complexity index is 431. The van der Waals surface area contributed by atoms with Gasteiger partial charge in [0.2, 0.25) is 0 Å². The lowest BCUT2D eigenvalue weighted by molar-refractivity contribution is -0.0526. The van der Waals surface area contributed by atoms with Gasteiger partial charge in [0.15, 0.2) is 0 Å². The van der Waals surface area contributed by atoms with Crippen molar-refractivity contribution in [2.24, 2.45) is 5.41 Å². The molecule has 1 aromatic rings. The molecule has 3 nitrogen and oxygen atoms in total. The Kier molecular flexibility index (Phi) is 4.26. The van der Waals surface area contributed by atoms with Gasteiger partial charge in [0.05, 0.1) is 11.8 Å². The lowest BCUT2D eigenvalue weighted by atomic mass is 9.72. The third kappa shape index (κ3) is 3.34. The molecule has 3 heteroatoms. The third-order valence-corrected chi connectivity index (χ3v) is 4.41. The van der Waals surface area contributed by atoms with Gasteiger partial charge in [-0.3, -0.25) is 9.88 Å². The van der Waals surface area contributed by atoms with E-state index in [2.05, 4.69) is 36.8 Å². The molecule has 0 aliphatic heterocycles. The largest absolute Gasteiger partial charge is 0.391 e. The van der Waals surface area contributed by atoms with Crippen LogP contribution < -0.4 is 0 Å². The van der Waals surface area contributed by atoms with E-state index in [9.17, 15) is 5.11 Å². The average Bonchev–Trinajstić information content (AvgIpc) is 2.32. The average molecular weight is 262 g/mol. The van der Waals surface area contributed by atoms with E-state index in [1.54, 1.807) is 0 Å². The summed E-state index contributed by atoms with van der Waals surface area (Å²) in [4.78, 5) is 6.80.